The molecule has 1 N–H and O–H groups in total. The fourth-order valence-electron chi connectivity index (χ4n) is 2.61. The van der Waals surface area contributed by atoms with Crippen LogP contribution in [0.2, 0.25) is 0 Å². The van der Waals surface area contributed by atoms with Gasteiger partial charge in [-0.3, -0.25) is 14.3 Å². The first kappa shape index (κ1) is 17.6. The van der Waals surface area contributed by atoms with Crippen LogP contribution in [-0.2, 0) is 15.6 Å². The van der Waals surface area contributed by atoms with Gasteiger partial charge in [-0.2, -0.15) is 0 Å². The maximum atomic E-state index is 12.5. The van der Waals surface area contributed by atoms with Crippen LogP contribution in [-0.4, -0.2) is 45.3 Å². The Kier molecular flexibility index (Phi) is 7.17. The third-order valence-corrected chi connectivity index (χ3v) is 5.48. The lowest BCUT2D eigenvalue weighted by Gasteiger charge is -2.28. The van der Waals surface area contributed by atoms with Crippen molar-refractivity contribution in [3.05, 3.63) is 0 Å². The highest BCUT2D eigenvalue weighted by Crippen LogP contribution is 2.21. The average molecular weight is 302 g/mol. The zero-order chi connectivity index (χ0) is 15.3. The molecule has 0 aromatic carbocycles. The molecule has 4 unspecified atom stereocenters. The first-order chi connectivity index (χ1) is 9.38. The number of amides is 1. The average Bonchev–Trinajstić information content (AvgIpc) is 2.70. The van der Waals surface area contributed by atoms with Crippen molar-refractivity contribution in [1.29, 1.82) is 0 Å². The maximum Gasteiger partial charge on any atom is 0.241 e. The molecule has 20 heavy (non-hydrogen) atoms. The van der Waals surface area contributed by atoms with Crippen molar-refractivity contribution >= 4 is 16.7 Å². The van der Waals surface area contributed by atoms with E-state index in [1.807, 2.05) is 11.8 Å². The fraction of sp³-hybridized carbons (Fsp3) is 0.933. The Balaban J connectivity index is 2.64. The number of nitrogens with zero attached hydrogens (tertiary/aromatic N) is 1. The van der Waals surface area contributed by atoms with Crippen molar-refractivity contribution in [3.8, 4) is 0 Å². The quantitative estimate of drug-likeness (QED) is 0.747. The van der Waals surface area contributed by atoms with Crippen LogP contribution in [0.5, 0.6) is 0 Å². The van der Waals surface area contributed by atoms with E-state index in [0.29, 0.717) is 12.5 Å². The summed E-state index contributed by atoms with van der Waals surface area (Å²) < 4.78 is 11.4. The van der Waals surface area contributed by atoms with E-state index < -0.39 is 10.8 Å². The second kappa shape index (κ2) is 8.13. The van der Waals surface area contributed by atoms with Crippen molar-refractivity contribution in [2.45, 2.75) is 70.8 Å². The summed E-state index contributed by atoms with van der Waals surface area (Å²) in [6.45, 7) is 9.12. The molecule has 0 saturated carbocycles. The molecule has 0 spiro atoms. The van der Waals surface area contributed by atoms with Crippen LogP contribution in [0, 0.1) is 5.92 Å². The van der Waals surface area contributed by atoms with Crippen LogP contribution < -0.4 is 5.32 Å². The van der Waals surface area contributed by atoms with E-state index in [-0.39, 0.29) is 23.4 Å². The summed E-state index contributed by atoms with van der Waals surface area (Å²) in [5, 5.41) is 3.62. The topological polar surface area (TPSA) is 49.4 Å². The number of unbranched alkanes of at least 4 members (excludes halogenated alkanes) is 1. The summed E-state index contributed by atoms with van der Waals surface area (Å²) in [5.41, 5.74) is 0. The molecule has 0 aromatic rings. The number of nitrogens with one attached hydrogen (secondary N) is 1. The summed E-state index contributed by atoms with van der Waals surface area (Å²) in [5.74, 6) is 0.624. The predicted molar refractivity (Wildman–Crippen MR) is 84.9 cm³/mol. The van der Waals surface area contributed by atoms with E-state index in [0.717, 1.165) is 25.7 Å². The fourth-order valence-corrected chi connectivity index (χ4v) is 3.05. The van der Waals surface area contributed by atoms with Crippen molar-refractivity contribution in [3.63, 3.8) is 0 Å². The smallest absolute Gasteiger partial charge is 0.241 e. The van der Waals surface area contributed by atoms with Gasteiger partial charge in [0.25, 0.3) is 0 Å². The predicted octanol–water partition coefficient (Wildman–Crippen LogP) is 2.12. The molecule has 118 valence electrons. The highest BCUT2D eigenvalue weighted by molar-refractivity contribution is 7.84. The number of rotatable bonds is 8. The molecular formula is C15H30N2O2S. The zero-order valence-corrected chi connectivity index (χ0v) is 14.3. The Labute approximate surface area is 126 Å². The lowest BCUT2D eigenvalue weighted by atomic mass is 10.1. The molecule has 0 aromatic heterocycles. The minimum atomic E-state index is -0.815. The molecule has 4 atom stereocenters. The highest BCUT2D eigenvalue weighted by Gasteiger charge is 2.39. The van der Waals surface area contributed by atoms with E-state index in [1.54, 1.807) is 6.26 Å². The molecule has 4 nitrogen and oxygen atoms in total. The summed E-state index contributed by atoms with van der Waals surface area (Å²) in [6.07, 6.45) is 5.78. The SMILES string of the molecule is CCCCC1NC(C(C)C)N(CCC(C)S(C)=O)C1=O. The standard InChI is InChI=1S/C15H30N2O2S/c1-6-7-8-13-15(18)17(14(16-13)11(2)3)10-9-12(4)20(5)19/h11-14,16H,6-10H2,1-5H3. The maximum absolute atomic E-state index is 12.5. The number of carbonyl (C=O) groups is 1. The van der Waals surface area contributed by atoms with Gasteiger partial charge in [0.2, 0.25) is 5.91 Å². The van der Waals surface area contributed by atoms with Crippen LogP contribution >= 0.6 is 0 Å². The van der Waals surface area contributed by atoms with Crippen molar-refractivity contribution in [2.75, 3.05) is 12.8 Å². The third kappa shape index (κ3) is 4.55. The van der Waals surface area contributed by atoms with E-state index in [4.69, 9.17) is 0 Å². The van der Waals surface area contributed by atoms with Gasteiger partial charge >= 0.3 is 0 Å². The summed E-state index contributed by atoms with van der Waals surface area (Å²) >= 11 is 0. The van der Waals surface area contributed by atoms with Crippen LogP contribution in [0.15, 0.2) is 0 Å². The van der Waals surface area contributed by atoms with Crippen LogP contribution in [0.1, 0.15) is 53.4 Å². The molecule has 0 aliphatic carbocycles. The summed E-state index contributed by atoms with van der Waals surface area (Å²) in [6, 6.07) is -0.0234. The van der Waals surface area contributed by atoms with Crippen LogP contribution in [0.3, 0.4) is 0 Å². The molecule has 1 aliphatic rings. The van der Waals surface area contributed by atoms with Gasteiger partial charge in [-0.1, -0.05) is 40.5 Å². The Morgan fingerprint density at radius 3 is 2.50 bits per heavy atom. The Bertz CT molecular complexity index is 347. The molecule has 0 bridgehead atoms. The molecule has 1 fully saturated rings. The minimum Gasteiger partial charge on any atom is -0.325 e. The van der Waals surface area contributed by atoms with Crippen molar-refractivity contribution in [2.24, 2.45) is 5.92 Å². The lowest BCUT2D eigenvalue weighted by Crippen LogP contribution is -2.42. The molecule has 1 amide bonds. The molecule has 1 heterocycles. The summed E-state index contributed by atoms with van der Waals surface area (Å²) in [4.78, 5) is 14.5. The van der Waals surface area contributed by atoms with Gasteiger partial charge in [0, 0.05) is 28.9 Å². The monoisotopic (exact) mass is 302 g/mol. The molecule has 1 saturated heterocycles. The van der Waals surface area contributed by atoms with Gasteiger partial charge in [-0.15, -0.1) is 0 Å². The van der Waals surface area contributed by atoms with Gasteiger partial charge in [-0.25, -0.2) is 0 Å². The van der Waals surface area contributed by atoms with Gasteiger partial charge < -0.3 is 4.90 Å². The van der Waals surface area contributed by atoms with Crippen LogP contribution in [0.4, 0.5) is 0 Å². The van der Waals surface area contributed by atoms with E-state index in [2.05, 4.69) is 26.1 Å². The van der Waals surface area contributed by atoms with Crippen molar-refractivity contribution in [1.82, 2.24) is 10.2 Å². The second-order valence-corrected chi connectivity index (χ2v) is 7.98. The van der Waals surface area contributed by atoms with E-state index in [1.165, 1.54) is 0 Å². The summed E-state index contributed by atoms with van der Waals surface area (Å²) in [7, 11) is -0.815. The first-order valence-electron chi connectivity index (χ1n) is 7.77. The van der Waals surface area contributed by atoms with Crippen LogP contribution in [0.25, 0.3) is 0 Å². The minimum absolute atomic E-state index is 0.0234. The largest absolute Gasteiger partial charge is 0.325 e. The second-order valence-electron chi connectivity index (χ2n) is 6.18. The first-order valence-corrected chi connectivity index (χ1v) is 9.39. The number of hydrogen-bond acceptors (Lipinski definition) is 3. The molecule has 1 aliphatic heterocycles. The van der Waals surface area contributed by atoms with Gasteiger partial charge in [0.15, 0.2) is 0 Å². The highest BCUT2D eigenvalue weighted by atomic mass is 32.2. The number of hydrogen-bond donors (Lipinski definition) is 1. The van der Waals surface area contributed by atoms with Gasteiger partial charge in [0.1, 0.15) is 0 Å². The van der Waals surface area contributed by atoms with Crippen molar-refractivity contribution < 1.29 is 9.00 Å². The number of carbonyl (C=O) groups excluding carboxylic acids is 1. The normalized spacial score (nSPS) is 26.3. The molecule has 1 rings (SSSR count). The lowest BCUT2D eigenvalue weighted by molar-refractivity contribution is -0.130. The third-order valence-electron chi connectivity index (χ3n) is 4.11. The Morgan fingerprint density at radius 1 is 1.35 bits per heavy atom. The zero-order valence-electron chi connectivity index (χ0n) is 13.5. The Morgan fingerprint density at radius 2 is 2.00 bits per heavy atom. The van der Waals surface area contributed by atoms with E-state index >= 15 is 0 Å². The molecule has 5 heteroatoms. The molecule has 0 radical (unpaired) electrons. The van der Waals surface area contributed by atoms with Gasteiger partial charge in [-0.05, 0) is 18.8 Å². The van der Waals surface area contributed by atoms with Gasteiger partial charge in [0.05, 0.1) is 12.2 Å². The Hall–Kier alpha value is -0.420. The molecular weight excluding hydrogens is 272 g/mol. The van der Waals surface area contributed by atoms with E-state index in [9.17, 15) is 9.00 Å².